The van der Waals surface area contributed by atoms with Crippen LogP contribution in [0, 0.1) is 26.6 Å². The lowest BCUT2D eigenvalue weighted by Gasteiger charge is -2.08. The summed E-state index contributed by atoms with van der Waals surface area (Å²) in [5.41, 5.74) is 2.23. The molecule has 1 heterocycles. The molecule has 0 aliphatic carbocycles. The Morgan fingerprint density at radius 3 is 2.48 bits per heavy atom. The van der Waals surface area contributed by atoms with Gasteiger partial charge < -0.3 is 0 Å². The number of aromatic nitrogens is 2. The monoisotopic (exact) mass is 311 g/mol. The third kappa shape index (κ3) is 3.14. The molecule has 0 saturated carbocycles. The predicted octanol–water partition coefficient (Wildman–Crippen LogP) is 1.96. The van der Waals surface area contributed by atoms with E-state index in [9.17, 15) is 12.8 Å². The molecule has 0 unspecified atom stereocenters. The normalized spacial score (nSPS) is 11.9. The first-order chi connectivity index (χ1) is 9.72. The highest BCUT2D eigenvalue weighted by molar-refractivity contribution is 7.89. The first kappa shape index (κ1) is 15.7. The van der Waals surface area contributed by atoms with Gasteiger partial charge in [0.1, 0.15) is 10.7 Å². The number of sulfonamides is 1. The highest BCUT2D eigenvalue weighted by atomic mass is 32.2. The maximum Gasteiger partial charge on any atom is 0.244 e. The lowest BCUT2D eigenvalue weighted by atomic mass is 10.1. The molecule has 0 radical (unpaired) electrons. The standard InChI is InChI=1S/C14H18FN3O2S/c1-9-7-12(5-6-13(9)15)8-16-21(19,20)14-10(2)17-18(4)11(14)3/h5-7,16H,8H2,1-4H3. The zero-order valence-corrected chi connectivity index (χ0v) is 13.3. The first-order valence-electron chi connectivity index (χ1n) is 6.47. The Balaban J connectivity index is 2.24. The van der Waals surface area contributed by atoms with Gasteiger partial charge in [-0.25, -0.2) is 17.5 Å². The fourth-order valence-electron chi connectivity index (χ4n) is 2.21. The van der Waals surface area contributed by atoms with Crippen LogP contribution < -0.4 is 4.72 Å². The van der Waals surface area contributed by atoms with Gasteiger partial charge >= 0.3 is 0 Å². The summed E-state index contributed by atoms with van der Waals surface area (Å²) in [7, 11) is -1.95. The second-order valence-electron chi connectivity index (χ2n) is 5.03. The van der Waals surface area contributed by atoms with Crippen molar-refractivity contribution in [2.24, 2.45) is 7.05 Å². The summed E-state index contributed by atoms with van der Waals surface area (Å²) in [4.78, 5) is 0.198. The van der Waals surface area contributed by atoms with Gasteiger partial charge in [0.05, 0.1) is 11.4 Å². The number of rotatable bonds is 4. The van der Waals surface area contributed by atoms with Crippen molar-refractivity contribution in [1.82, 2.24) is 14.5 Å². The van der Waals surface area contributed by atoms with E-state index in [2.05, 4.69) is 9.82 Å². The van der Waals surface area contributed by atoms with Gasteiger partial charge in [-0.3, -0.25) is 4.68 Å². The van der Waals surface area contributed by atoms with Crippen LogP contribution in [0.3, 0.4) is 0 Å². The van der Waals surface area contributed by atoms with Crippen LogP contribution in [-0.2, 0) is 23.6 Å². The molecule has 114 valence electrons. The Morgan fingerprint density at radius 1 is 1.29 bits per heavy atom. The van der Waals surface area contributed by atoms with E-state index in [4.69, 9.17) is 0 Å². The molecule has 0 amide bonds. The van der Waals surface area contributed by atoms with Crippen LogP contribution in [0.15, 0.2) is 23.1 Å². The molecule has 21 heavy (non-hydrogen) atoms. The van der Waals surface area contributed by atoms with E-state index in [0.29, 0.717) is 22.5 Å². The molecule has 1 aromatic carbocycles. The Kier molecular flexibility index (Phi) is 4.15. The summed E-state index contributed by atoms with van der Waals surface area (Å²) in [5.74, 6) is -0.305. The third-order valence-electron chi connectivity index (χ3n) is 3.40. The van der Waals surface area contributed by atoms with E-state index in [1.807, 2.05) is 0 Å². The average Bonchev–Trinajstić information content (AvgIpc) is 2.65. The third-order valence-corrected chi connectivity index (χ3v) is 5.05. The number of hydrogen-bond acceptors (Lipinski definition) is 3. The van der Waals surface area contributed by atoms with Gasteiger partial charge in [-0.15, -0.1) is 0 Å². The summed E-state index contributed by atoms with van der Waals surface area (Å²) >= 11 is 0. The molecule has 0 aliphatic rings. The molecule has 0 saturated heterocycles. The van der Waals surface area contributed by atoms with E-state index < -0.39 is 10.0 Å². The average molecular weight is 311 g/mol. The molecule has 0 atom stereocenters. The molecule has 2 aromatic rings. The van der Waals surface area contributed by atoms with E-state index in [-0.39, 0.29) is 17.3 Å². The van der Waals surface area contributed by atoms with Crippen LogP contribution >= 0.6 is 0 Å². The summed E-state index contributed by atoms with van der Waals surface area (Å²) in [5, 5.41) is 4.11. The van der Waals surface area contributed by atoms with Crippen molar-refractivity contribution in [2.45, 2.75) is 32.2 Å². The molecule has 2 rings (SSSR count). The van der Waals surface area contributed by atoms with Crippen molar-refractivity contribution in [3.05, 3.63) is 46.5 Å². The largest absolute Gasteiger partial charge is 0.271 e. The Morgan fingerprint density at radius 2 is 1.95 bits per heavy atom. The molecule has 0 aliphatic heterocycles. The van der Waals surface area contributed by atoms with E-state index in [1.54, 1.807) is 40.0 Å². The Bertz CT molecular complexity index is 782. The van der Waals surface area contributed by atoms with Gasteiger partial charge in [0.25, 0.3) is 0 Å². The Labute approximate surface area is 123 Å². The minimum atomic E-state index is -3.65. The van der Waals surface area contributed by atoms with Crippen LogP contribution in [0.25, 0.3) is 0 Å². The van der Waals surface area contributed by atoms with Gasteiger partial charge in [-0.2, -0.15) is 5.10 Å². The summed E-state index contributed by atoms with van der Waals surface area (Å²) in [6.07, 6.45) is 0. The molecule has 0 spiro atoms. The molecule has 0 bridgehead atoms. The van der Waals surface area contributed by atoms with Gasteiger partial charge in [-0.1, -0.05) is 12.1 Å². The van der Waals surface area contributed by atoms with E-state index in [0.717, 1.165) is 0 Å². The molecule has 7 heteroatoms. The van der Waals surface area contributed by atoms with Gasteiger partial charge in [0.15, 0.2) is 0 Å². The smallest absolute Gasteiger partial charge is 0.244 e. The number of nitrogens with zero attached hydrogens (tertiary/aromatic N) is 2. The zero-order chi connectivity index (χ0) is 15.8. The summed E-state index contributed by atoms with van der Waals surface area (Å²) < 4.78 is 42.0. The van der Waals surface area contributed by atoms with Gasteiger partial charge in [0.2, 0.25) is 10.0 Å². The van der Waals surface area contributed by atoms with Crippen molar-refractivity contribution < 1.29 is 12.8 Å². The summed E-state index contributed by atoms with van der Waals surface area (Å²) in [6.45, 7) is 5.11. The van der Waals surface area contributed by atoms with Crippen LogP contribution in [0.5, 0.6) is 0 Å². The second-order valence-corrected chi connectivity index (χ2v) is 6.74. The van der Waals surface area contributed by atoms with E-state index in [1.165, 1.54) is 10.7 Å². The zero-order valence-electron chi connectivity index (χ0n) is 12.4. The lowest BCUT2D eigenvalue weighted by molar-refractivity contribution is 0.579. The second kappa shape index (κ2) is 5.57. The van der Waals surface area contributed by atoms with Crippen LogP contribution in [0.1, 0.15) is 22.5 Å². The van der Waals surface area contributed by atoms with Crippen LogP contribution in [0.4, 0.5) is 4.39 Å². The van der Waals surface area contributed by atoms with E-state index >= 15 is 0 Å². The van der Waals surface area contributed by atoms with Crippen molar-refractivity contribution in [3.8, 4) is 0 Å². The SMILES string of the molecule is Cc1cc(CNS(=O)(=O)c2c(C)nn(C)c2C)ccc1F. The molecule has 5 nitrogen and oxygen atoms in total. The maximum atomic E-state index is 13.2. The lowest BCUT2D eigenvalue weighted by Crippen LogP contribution is -2.24. The van der Waals surface area contributed by atoms with Crippen molar-refractivity contribution in [3.63, 3.8) is 0 Å². The number of halogens is 1. The number of benzene rings is 1. The first-order valence-corrected chi connectivity index (χ1v) is 7.95. The number of aryl methyl sites for hydroxylation is 3. The van der Waals surface area contributed by atoms with Crippen molar-refractivity contribution in [2.75, 3.05) is 0 Å². The van der Waals surface area contributed by atoms with Crippen molar-refractivity contribution >= 4 is 10.0 Å². The minimum absolute atomic E-state index is 0.108. The maximum absolute atomic E-state index is 13.2. The summed E-state index contributed by atoms with van der Waals surface area (Å²) in [6, 6.07) is 4.52. The quantitative estimate of drug-likeness (QED) is 0.939. The predicted molar refractivity (Wildman–Crippen MR) is 77.8 cm³/mol. The van der Waals surface area contributed by atoms with Gasteiger partial charge in [0, 0.05) is 13.6 Å². The molecule has 1 aromatic heterocycles. The topological polar surface area (TPSA) is 64.0 Å². The van der Waals surface area contributed by atoms with Crippen molar-refractivity contribution in [1.29, 1.82) is 0 Å². The molecular formula is C14H18FN3O2S. The molecular weight excluding hydrogens is 293 g/mol. The number of nitrogens with one attached hydrogen (secondary N) is 1. The Hall–Kier alpha value is -1.73. The highest BCUT2D eigenvalue weighted by Gasteiger charge is 2.23. The van der Waals surface area contributed by atoms with Gasteiger partial charge in [-0.05, 0) is 38.0 Å². The molecule has 0 fully saturated rings. The fraction of sp³-hybridized carbons (Fsp3) is 0.357. The highest BCUT2D eigenvalue weighted by Crippen LogP contribution is 2.19. The van der Waals surface area contributed by atoms with Crippen LogP contribution in [0.2, 0.25) is 0 Å². The van der Waals surface area contributed by atoms with Crippen LogP contribution in [-0.4, -0.2) is 18.2 Å². The molecule has 1 N–H and O–H groups in total. The fourth-order valence-corrected chi connectivity index (χ4v) is 3.66. The minimum Gasteiger partial charge on any atom is -0.271 e. The number of hydrogen-bond donors (Lipinski definition) is 1.